The topological polar surface area (TPSA) is 12.0 Å². The minimum absolute atomic E-state index is 0.874. The maximum Gasteiger partial charge on any atom is 0.00981 e. The SMILES string of the molecule is CCCC(C)CNC1CC2CCC1C2. The minimum atomic E-state index is 0.874. The third kappa shape index (κ3) is 2.31. The van der Waals surface area contributed by atoms with E-state index in [0.29, 0.717) is 0 Å². The Bertz CT molecular complexity index is 178. The van der Waals surface area contributed by atoms with Gasteiger partial charge in [-0.3, -0.25) is 0 Å². The first kappa shape index (κ1) is 10.5. The molecule has 0 saturated heterocycles. The van der Waals surface area contributed by atoms with Crippen LogP contribution in [0.4, 0.5) is 0 Å². The molecule has 2 aliphatic carbocycles. The molecule has 2 saturated carbocycles. The van der Waals surface area contributed by atoms with E-state index in [1.54, 1.807) is 0 Å². The van der Waals surface area contributed by atoms with E-state index in [2.05, 4.69) is 19.2 Å². The first-order valence-electron chi connectivity index (χ1n) is 6.53. The second-order valence-electron chi connectivity index (χ2n) is 5.58. The maximum atomic E-state index is 3.80. The summed E-state index contributed by atoms with van der Waals surface area (Å²) < 4.78 is 0. The quantitative estimate of drug-likeness (QED) is 0.710. The van der Waals surface area contributed by atoms with Crippen LogP contribution < -0.4 is 5.32 Å². The monoisotopic (exact) mass is 195 g/mol. The van der Waals surface area contributed by atoms with Crippen molar-refractivity contribution in [2.45, 2.75) is 58.4 Å². The van der Waals surface area contributed by atoms with E-state index >= 15 is 0 Å². The van der Waals surface area contributed by atoms with Crippen molar-refractivity contribution in [2.75, 3.05) is 6.54 Å². The highest BCUT2D eigenvalue weighted by molar-refractivity contribution is 4.94. The summed E-state index contributed by atoms with van der Waals surface area (Å²) in [6, 6.07) is 0.882. The van der Waals surface area contributed by atoms with Gasteiger partial charge in [-0.05, 0) is 50.0 Å². The van der Waals surface area contributed by atoms with Gasteiger partial charge in [0.2, 0.25) is 0 Å². The van der Waals surface area contributed by atoms with Crippen LogP contribution in [0.25, 0.3) is 0 Å². The third-order valence-corrected chi connectivity index (χ3v) is 4.25. The van der Waals surface area contributed by atoms with Gasteiger partial charge < -0.3 is 5.32 Å². The van der Waals surface area contributed by atoms with Gasteiger partial charge in [-0.2, -0.15) is 0 Å². The molecular formula is C13H25N. The van der Waals surface area contributed by atoms with Crippen molar-refractivity contribution >= 4 is 0 Å². The lowest BCUT2D eigenvalue weighted by Crippen LogP contribution is -2.36. The van der Waals surface area contributed by atoms with Crippen LogP contribution in [-0.2, 0) is 0 Å². The predicted octanol–water partition coefficient (Wildman–Crippen LogP) is 3.20. The van der Waals surface area contributed by atoms with Crippen LogP contribution in [0.3, 0.4) is 0 Å². The maximum absolute atomic E-state index is 3.80. The average molecular weight is 195 g/mol. The van der Waals surface area contributed by atoms with Gasteiger partial charge in [-0.15, -0.1) is 0 Å². The summed E-state index contributed by atoms with van der Waals surface area (Å²) in [6.07, 6.45) is 8.74. The number of hydrogen-bond donors (Lipinski definition) is 1. The summed E-state index contributed by atoms with van der Waals surface area (Å²) in [5.74, 6) is 2.99. The number of rotatable bonds is 5. The molecule has 0 aromatic rings. The lowest BCUT2D eigenvalue weighted by atomic mass is 9.94. The zero-order valence-electron chi connectivity index (χ0n) is 9.76. The highest BCUT2D eigenvalue weighted by atomic mass is 14.9. The van der Waals surface area contributed by atoms with Crippen LogP contribution in [0.1, 0.15) is 52.4 Å². The summed E-state index contributed by atoms with van der Waals surface area (Å²) in [7, 11) is 0. The fourth-order valence-corrected chi connectivity index (χ4v) is 3.44. The Hall–Kier alpha value is -0.0400. The van der Waals surface area contributed by atoms with Gasteiger partial charge in [0.15, 0.2) is 0 Å². The molecule has 14 heavy (non-hydrogen) atoms. The predicted molar refractivity (Wildman–Crippen MR) is 61.3 cm³/mol. The van der Waals surface area contributed by atoms with Crippen molar-refractivity contribution in [3.8, 4) is 0 Å². The Morgan fingerprint density at radius 2 is 2.14 bits per heavy atom. The highest BCUT2D eigenvalue weighted by Crippen LogP contribution is 2.44. The van der Waals surface area contributed by atoms with Crippen molar-refractivity contribution in [1.29, 1.82) is 0 Å². The van der Waals surface area contributed by atoms with E-state index in [0.717, 1.165) is 23.8 Å². The van der Waals surface area contributed by atoms with Crippen LogP contribution in [0, 0.1) is 17.8 Å². The van der Waals surface area contributed by atoms with Crippen LogP contribution in [0.5, 0.6) is 0 Å². The molecule has 4 atom stereocenters. The second-order valence-corrected chi connectivity index (χ2v) is 5.58. The molecule has 0 aromatic carbocycles. The summed E-state index contributed by atoms with van der Waals surface area (Å²) in [5.41, 5.74) is 0. The van der Waals surface area contributed by atoms with Gasteiger partial charge in [0, 0.05) is 6.04 Å². The standard InChI is InChI=1S/C13H25N/c1-3-4-10(2)9-14-13-8-11-5-6-12(13)7-11/h10-14H,3-9H2,1-2H3. The second kappa shape index (κ2) is 4.65. The largest absolute Gasteiger partial charge is 0.313 e. The van der Waals surface area contributed by atoms with Crippen molar-refractivity contribution in [3.63, 3.8) is 0 Å². The van der Waals surface area contributed by atoms with Crippen molar-refractivity contribution < 1.29 is 0 Å². The Labute approximate surface area is 88.7 Å². The van der Waals surface area contributed by atoms with Crippen molar-refractivity contribution in [3.05, 3.63) is 0 Å². The molecular weight excluding hydrogens is 170 g/mol. The molecule has 82 valence electrons. The molecule has 4 unspecified atom stereocenters. The molecule has 2 rings (SSSR count). The summed E-state index contributed by atoms with van der Waals surface area (Å²) in [5, 5.41) is 3.80. The molecule has 0 aromatic heterocycles. The molecule has 2 bridgehead atoms. The van der Waals surface area contributed by atoms with Crippen molar-refractivity contribution in [1.82, 2.24) is 5.32 Å². The summed E-state index contributed by atoms with van der Waals surface area (Å²) >= 11 is 0. The molecule has 0 aliphatic heterocycles. The molecule has 2 fully saturated rings. The summed E-state index contributed by atoms with van der Waals surface area (Å²) in [4.78, 5) is 0. The molecule has 0 heterocycles. The Balaban J connectivity index is 1.66. The van der Waals surface area contributed by atoms with E-state index in [4.69, 9.17) is 0 Å². The lowest BCUT2D eigenvalue weighted by Gasteiger charge is -2.24. The van der Waals surface area contributed by atoms with Gasteiger partial charge in [0.05, 0.1) is 0 Å². The van der Waals surface area contributed by atoms with E-state index in [1.165, 1.54) is 45.1 Å². The highest BCUT2D eigenvalue weighted by Gasteiger charge is 2.38. The average Bonchev–Trinajstić information content (AvgIpc) is 2.76. The fourth-order valence-electron chi connectivity index (χ4n) is 3.44. The Kier molecular flexibility index (Phi) is 3.48. The van der Waals surface area contributed by atoms with E-state index in [9.17, 15) is 0 Å². The fraction of sp³-hybridized carbons (Fsp3) is 1.00. The molecule has 0 radical (unpaired) electrons. The molecule has 2 aliphatic rings. The van der Waals surface area contributed by atoms with E-state index < -0.39 is 0 Å². The van der Waals surface area contributed by atoms with Crippen LogP contribution in [-0.4, -0.2) is 12.6 Å². The third-order valence-electron chi connectivity index (χ3n) is 4.25. The number of nitrogens with one attached hydrogen (secondary N) is 1. The number of hydrogen-bond acceptors (Lipinski definition) is 1. The Morgan fingerprint density at radius 3 is 2.71 bits per heavy atom. The molecule has 0 spiro atoms. The van der Waals surface area contributed by atoms with Crippen LogP contribution in [0.15, 0.2) is 0 Å². The van der Waals surface area contributed by atoms with Crippen molar-refractivity contribution in [2.24, 2.45) is 17.8 Å². The van der Waals surface area contributed by atoms with E-state index in [-0.39, 0.29) is 0 Å². The molecule has 1 N–H and O–H groups in total. The van der Waals surface area contributed by atoms with Gasteiger partial charge in [-0.25, -0.2) is 0 Å². The molecule has 0 amide bonds. The van der Waals surface area contributed by atoms with Gasteiger partial charge in [0.25, 0.3) is 0 Å². The zero-order chi connectivity index (χ0) is 9.97. The van der Waals surface area contributed by atoms with Crippen LogP contribution >= 0.6 is 0 Å². The van der Waals surface area contributed by atoms with Gasteiger partial charge >= 0.3 is 0 Å². The zero-order valence-corrected chi connectivity index (χ0v) is 9.76. The van der Waals surface area contributed by atoms with Gasteiger partial charge in [-0.1, -0.05) is 26.7 Å². The Morgan fingerprint density at radius 1 is 1.29 bits per heavy atom. The normalized spacial score (nSPS) is 37.7. The molecule has 1 heteroatoms. The number of fused-ring (bicyclic) bond motifs is 2. The first-order valence-corrected chi connectivity index (χ1v) is 6.53. The summed E-state index contributed by atoms with van der Waals surface area (Å²) in [6.45, 7) is 5.92. The lowest BCUT2D eigenvalue weighted by molar-refractivity contribution is 0.328. The minimum Gasteiger partial charge on any atom is -0.313 e. The van der Waals surface area contributed by atoms with E-state index in [1.807, 2.05) is 0 Å². The first-order chi connectivity index (χ1) is 6.79. The van der Waals surface area contributed by atoms with Crippen LogP contribution in [0.2, 0.25) is 0 Å². The smallest absolute Gasteiger partial charge is 0.00981 e. The van der Waals surface area contributed by atoms with Gasteiger partial charge in [0.1, 0.15) is 0 Å². The molecule has 1 nitrogen and oxygen atoms in total.